The molecule has 1 N–H and O–H groups in total. The summed E-state index contributed by atoms with van der Waals surface area (Å²) in [7, 11) is 0. The molecule has 0 aliphatic rings. The van der Waals surface area contributed by atoms with Crippen LogP contribution in [0.15, 0.2) is 22.7 Å². The second-order valence-corrected chi connectivity index (χ2v) is 5.23. The first-order valence-corrected chi connectivity index (χ1v) is 7.33. The number of amides is 1. The van der Waals surface area contributed by atoms with Crippen molar-refractivity contribution < 1.29 is 9.18 Å². The molecule has 2 rings (SSSR count). The SMILES string of the molecule is CCc1nnc(NC(=O)c2ccc(Br)cc2F)nc1CC. The van der Waals surface area contributed by atoms with Gasteiger partial charge in [0, 0.05) is 4.47 Å². The monoisotopic (exact) mass is 352 g/mol. The fraction of sp³-hybridized carbons (Fsp3) is 0.286. The van der Waals surface area contributed by atoms with Gasteiger partial charge < -0.3 is 0 Å². The third-order valence-electron chi connectivity index (χ3n) is 2.91. The number of nitrogens with one attached hydrogen (secondary N) is 1. The Morgan fingerprint density at radius 1 is 1.24 bits per heavy atom. The van der Waals surface area contributed by atoms with Crippen molar-refractivity contribution in [2.45, 2.75) is 26.7 Å². The van der Waals surface area contributed by atoms with Gasteiger partial charge in [0.05, 0.1) is 17.0 Å². The first-order chi connectivity index (χ1) is 10.0. The number of carbonyl (C=O) groups excluding carboxylic acids is 1. The second-order valence-electron chi connectivity index (χ2n) is 4.31. The molecule has 0 spiro atoms. The number of aromatic nitrogens is 3. The Morgan fingerprint density at radius 3 is 2.57 bits per heavy atom. The van der Waals surface area contributed by atoms with Crippen LogP contribution < -0.4 is 5.32 Å². The summed E-state index contributed by atoms with van der Waals surface area (Å²) < 4.78 is 14.3. The van der Waals surface area contributed by atoms with E-state index in [-0.39, 0.29) is 11.5 Å². The topological polar surface area (TPSA) is 67.8 Å². The zero-order chi connectivity index (χ0) is 15.4. The van der Waals surface area contributed by atoms with E-state index in [1.165, 1.54) is 12.1 Å². The maximum atomic E-state index is 13.7. The predicted octanol–water partition coefficient (Wildman–Crippen LogP) is 3.15. The van der Waals surface area contributed by atoms with Gasteiger partial charge in [-0.3, -0.25) is 10.1 Å². The predicted molar refractivity (Wildman–Crippen MR) is 80.6 cm³/mol. The average molecular weight is 353 g/mol. The maximum absolute atomic E-state index is 13.7. The van der Waals surface area contributed by atoms with Crippen LogP contribution in [0.25, 0.3) is 0 Å². The molecule has 7 heteroatoms. The first kappa shape index (κ1) is 15.5. The summed E-state index contributed by atoms with van der Waals surface area (Å²) in [5.74, 6) is -1.14. The molecule has 0 aliphatic carbocycles. The van der Waals surface area contributed by atoms with Gasteiger partial charge >= 0.3 is 0 Å². The number of benzene rings is 1. The third-order valence-corrected chi connectivity index (χ3v) is 3.40. The molecule has 0 saturated heterocycles. The third kappa shape index (κ3) is 3.60. The van der Waals surface area contributed by atoms with Gasteiger partial charge in [0.2, 0.25) is 5.95 Å². The van der Waals surface area contributed by atoms with E-state index >= 15 is 0 Å². The van der Waals surface area contributed by atoms with E-state index in [0.717, 1.165) is 17.8 Å². The lowest BCUT2D eigenvalue weighted by molar-refractivity contribution is 0.102. The van der Waals surface area contributed by atoms with Crippen LogP contribution in [-0.2, 0) is 12.8 Å². The van der Waals surface area contributed by atoms with Crippen LogP contribution >= 0.6 is 15.9 Å². The molecule has 1 heterocycles. The second kappa shape index (κ2) is 6.71. The number of nitrogens with zero attached hydrogens (tertiary/aromatic N) is 3. The van der Waals surface area contributed by atoms with E-state index in [2.05, 4.69) is 36.4 Å². The summed E-state index contributed by atoms with van der Waals surface area (Å²) in [4.78, 5) is 16.3. The Balaban J connectivity index is 2.23. The number of aryl methyl sites for hydroxylation is 2. The smallest absolute Gasteiger partial charge is 0.261 e. The first-order valence-electron chi connectivity index (χ1n) is 6.54. The van der Waals surface area contributed by atoms with Gasteiger partial charge in [0.25, 0.3) is 5.91 Å². The van der Waals surface area contributed by atoms with Gasteiger partial charge in [-0.25, -0.2) is 9.37 Å². The Kier molecular flexibility index (Phi) is 4.95. The molecular weight excluding hydrogens is 339 g/mol. The standard InChI is InChI=1S/C14H14BrFN4O/c1-3-11-12(4-2)19-20-14(17-11)18-13(21)9-6-5-8(15)7-10(9)16/h5-7H,3-4H2,1-2H3,(H,17,18,20,21). The Labute approximate surface area is 130 Å². The summed E-state index contributed by atoms with van der Waals surface area (Å²) in [6, 6.07) is 4.21. The molecule has 1 amide bonds. The van der Waals surface area contributed by atoms with Crippen LogP contribution in [0, 0.1) is 5.82 Å². The Morgan fingerprint density at radius 2 is 1.95 bits per heavy atom. The number of anilines is 1. The maximum Gasteiger partial charge on any atom is 0.261 e. The van der Waals surface area contributed by atoms with Gasteiger partial charge in [-0.05, 0) is 31.0 Å². The highest BCUT2D eigenvalue weighted by Gasteiger charge is 2.14. The molecule has 0 saturated carbocycles. The minimum Gasteiger partial charge on any atom is -0.289 e. The van der Waals surface area contributed by atoms with Crippen molar-refractivity contribution in [1.29, 1.82) is 0 Å². The van der Waals surface area contributed by atoms with Crippen LogP contribution in [0.4, 0.5) is 10.3 Å². The van der Waals surface area contributed by atoms with Crippen molar-refractivity contribution in [3.05, 3.63) is 45.4 Å². The number of hydrogen-bond acceptors (Lipinski definition) is 4. The Bertz CT molecular complexity index is 678. The largest absolute Gasteiger partial charge is 0.289 e. The van der Waals surface area contributed by atoms with Gasteiger partial charge in [0.15, 0.2) is 0 Å². The molecule has 21 heavy (non-hydrogen) atoms. The van der Waals surface area contributed by atoms with E-state index in [9.17, 15) is 9.18 Å². The quantitative estimate of drug-likeness (QED) is 0.917. The van der Waals surface area contributed by atoms with Crippen molar-refractivity contribution in [1.82, 2.24) is 15.2 Å². The lowest BCUT2D eigenvalue weighted by Crippen LogP contribution is -2.17. The van der Waals surface area contributed by atoms with Crippen molar-refractivity contribution in [3.63, 3.8) is 0 Å². The van der Waals surface area contributed by atoms with Gasteiger partial charge in [0.1, 0.15) is 5.82 Å². The summed E-state index contributed by atoms with van der Waals surface area (Å²) in [6.45, 7) is 3.91. The van der Waals surface area contributed by atoms with Gasteiger partial charge in [-0.2, -0.15) is 0 Å². The van der Waals surface area contributed by atoms with Crippen LogP contribution in [0.3, 0.4) is 0 Å². The van der Waals surface area contributed by atoms with Gasteiger partial charge in [-0.15, -0.1) is 10.2 Å². The number of hydrogen-bond donors (Lipinski definition) is 1. The highest BCUT2D eigenvalue weighted by atomic mass is 79.9. The van der Waals surface area contributed by atoms with E-state index in [4.69, 9.17) is 0 Å². The molecular formula is C14H14BrFN4O. The van der Waals surface area contributed by atoms with E-state index in [0.29, 0.717) is 10.9 Å². The minimum atomic E-state index is -0.615. The van der Waals surface area contributed by atoms with Crippen molar-refractivity contribution in [2.24, 2.45) is 0 Å². The van der Waals surface area contributed by atoms with Crippen molar-refractivity contribution in [3.8, 4) is 0 Å². The zero-order valence-corrected chi connectivity index (χ0v) is 13.2. The van der Waals surface area contributed by atoms with Crippen LogP contribution in [0.1, 0.15) is 35.6 Å². The normalized spacial score (nSPS) is 10.5. The van der Waals surface area contributed by atoms with Crippen molar-refractivity contribution >= 4 is 27.8 Å². The lowest BCUT2D eigenvalue weighted by atomic mass is 10.2. The molecule has 0 fully saturated rings. The van der Waals surface area contributed by atoms with E-state index < -0.39 is 11.7 Å². The summed E-state index contributed by atoms with van der Waals surface area (Å²) >= 11 is 3.14. The van der Waals surface area contributed by atoms with Crippen LogP contribution in [-0.4, -0.2) is 21.1 Å². The summed E-state index contributed by atoms with van der Waals surface area (Å²) in [5, 5.41) is 10.3. The molecule has 0 aliphatic heterocycles. The number of rotatable bonds is 4. The number of halogens is 2. The molecule has 0 radical (unpaired) electrons. The van der Waals surface area contributed by atoms with Crippen LogP contribution in [0.2, 0.25) is 0 Å². The van der Waals surface area contributed by atoms with Crippen LogP contribution in [0.5, 0.6) is 0 Å². The molecule has 0 unspecified atom stereocenters. The summed E-state index contributed by atoms with van der Waals surface area (Å²) in [5.41, 5.74) is 1.50. The molecule has 0 bridgehead atoms. The van der Waals surface area contributed by atoms with E-state index in [1.807, 2.05) is 13.8 Å². The Hall–Kier alpha value is -1.89. The highest BCUT2D eigenvalue weighted by molar-refractivity contribution is 9.10. The minimum absolute atomic E-state index is 0.0700. The molecule has 1 aromatic carbocycles. The molecule has 1 aromatic heterocycles. The van der Waals surface area contributed by atoms with Gasteiger partial charge in [-0.1, -0.05) is 29.8 Å². The average Bonchev–Trinajstić information content (AvgIpc) is 2.46. The number of carbonyl (C=O) groups is 1. The fourth-order valence-corrected chi connectivity index (χ4v) is 2.17. The van der Waals surface area contributed by atoms with Crippen molar-refractivity contribution in [2.75, 3.05) is 5.32 Å². The molecule has 0 atom stereocenters. The highest BCUT2D eigenvalue weighted by Crippen LogP contribution is 2.16. The summed E-state index contributed by atoms with van der Waals surface area (Å²) in [6.07, 6.45) is 1.41. The molecule has 2 aromatic rings. The lowest BCUT2D eigenvalue weighted by Gasteiger charge is -2.07. The van der Waals surface area contributed by atoms with E-state index in [1.54, 1.807) is 6.07 Å². The molecule has 110 valence electrons. The zero-order valence-electron chi connectivity index (χ0n) is 11.7. The fourth-order valence-electron chi connectivity index (χ4n) is 1.83. The molecule has 5 nitrogen and oxygen atoms in total.